The van der Waals surface area contributed by atoms with Crippen molar-refractivity contribution < 1.29 is 44.8 Å². The standard InChI is InChI=1S/C32H42O9/c1-17(33)26-11-24(10-22(16-41-7)30(26)37)32(4,23-8-20(14-39-5)29(36)21(9-23)15-40-6)25-12-27(18(2)34)31(38)28(13-25)19(3)35/h8-13,17-19,33-38H,14-16H2,1-7H3. The Morgan fingerprint density at radius 3 is 1.17 bits per heavy atom. The van der Waals surface area contributed by atoms with Gasteiger partial charge in [-0.3, -0.25) is 0 Å². The van der Waals surface area contributed by atoms with E-state index in [0.29, 0.717) is 38.9 Å². The SMILES string of the molecule is COCc1cc(C(C)(c2cc(COC)c(O)c(C(C)O)c2)c2cc(C(C)O)c(O)c(C(C)O)c2)cc(COC)c1O. The number of methoxy groups -OCH3 is 3. The van der Waals surface area contributed by atoms with E-state index in [2.05, 4.69) is 0 Å². The summed E-state index contributed by atoms with van der Waals surface area (Å²) in [4.78, 5) is 0. The second-order valence-electron chi connectivity index (χ2n) is 10.7. The molecule has 0 heterocycles. The van der Waals surface area contributed by atoms with Crippen molar-refractivity contribution in [3.05, 3.63) is 86.5 Å². The van der Waals surface area contributed by atoms with Crippen LogP contribution >= 0.6 is 0 Å². The highest BCUT2D eigenvalue weighted by Crippen LogP contribution is 2.47. The first-order chi connectivity index (χ1) is 19.3. The molecule has 0 saturated carbocycles. The van der Waals surface area contributed by atoms with Crippen LogP contribution in [-0.2, 0) is 39.4 Å². The van der Waals surface area contributed by atoms with Crippen molar-refractivity contribution in [2.45, 2.75) is 71.2 Å². The number of rotatable bonds is 12. The molecule has 9 heteroatoms. The second-order valence-corrected chi connectivity index (χ2v) is 10.7. The van der Waals surface area contributed by atoms with Gasteiger partial charge in [0.25, 0.3) is 0 Å². The highest BCUT2D eigenvalue weighted by molar-refractivity contribution is 5.60. The summed E-state index contributed by atoms with van der Waals surface area (Å²) >= 11 is 0. The maximum Gasteiger partial charge on any atom is 0.127 e. The summed E-state index contributed by atoms with van der Waals surface area (Å²) < 4.78 is 16.1. The van der Waals surface area contributed by atoms with Gasteiger partial charge in [-0.2, -0.15) is 0 Å². The molecule has 3 rings (SSSR count). The largest absolute Gasteiger partial charge is 0.507 e. The minimum absolute atomic E-state index is 0.0373. The summed E-state index contributed by atoms with van der Waals surface area (Å²) in [5.74, 6) is -0.253. The van der Waals surface area contributed by atoms with E-state index in [-0.39, 0.29) is 48.2 Å². The average Bonchev–Trinajstić information content (AvgIpc) is 2.91. The number of aromatic hydroxyl groups is 3. The van der Waals surface area contributed by atoms with Crippen LogP contribution in [0.25, 0.3) is 0 Å². The van der Waals surface area contributed by atoms with Crippen molar-refractivity contribution in [1.29, 1.82) is 0 Å². The molecule has 6 N–H and O–H groups in total. The fourth-order valence-corrected chi connectivity index (χ4v) is 5.28. The quantitative estimate of drug-likeness (QED) is 0.170. The number of hydrogen-bond acceptors (Lipinski definition) is 9. The van der Waals surface area contributed by atoms with E-state index >= 15 is 0 Å². The molecule has 0 amide bonds. The van der Waals surface area contributed by atoms with Gasteiger partial charge in [-0.25, -0.2) is 0 Å². The highest BCUT2D eigenvalue weighted by atomic mass is 16.5. The molecule has 41 heavy (non-hydrogen) atoms. The third kappa shape index (κ3) is 6.35. The Kier molecular flexibility index (Phi) is 10.4. The Labute approximate surface area is 241 Å². The smallest absolute Gasteiger partial charge is 0.127 e. The molecule has 0 saturated heterocycles. The van der Waals surface area contributed by atoms with Gasteiger partial charge in [0.2, 0.25) is 0 Å². The zero-order chi connectivity index (χ0) is 30.6. The van der Waals surface area contributed by atoms with E-state index < -0.39 is 23.7 Å². The molecule has 224 valence electrons. The summed E-state index contributed by atoms with van der Waals surface area (Å²) in [6.45, 7) is 6.83. The Bertz CT molecular complexity index is 1310. The lowest BCUT2D eigenvalue weighted by Crippen LogP contribution is -2.27. The molecule has 0 spiro atoms. The number of aliphatic hydroxyl groups excluding tert-OH is 3. The van der Waals surface area contributed by atoms with E-state index in [1.54, 1.807) is 43.3 Å². The van der Waals surface area contributed by atoms with Gasteiger partial charge in [-0.15, -0.1) is 0 Å². The van der Waals surface area contributed by atoms with E-state index in [4.69, 9.17) is 14.2 Å². The van der Waals surface area contributed by atoms with Gasteiger partial charge in [0, 0.05) is 60.1 Å². The second kappa shape index (κ2) is 13.2. The number of ether oxygens (including phenoxy) is 3. The fraction of sp³-hybridized carbons (Fsp3) is 0.438. The Hall–Kier alpha value is -3.18. The Morgan fingerprint density at radius 1 is 0.537 bits per heavy atom. The average molecular weight is 571 g/mol. The number of phenols is 3. The third-order valence-electron chi connectivity index (χ3n) is 7.64. The first kappa shape index (κ1) is 32.3. The van der Waals surface area contributed by atoms with Gasteiger partial charge >= 0.3 is 0 Å². The monoisotopic (exact) mass is 570 g/mol. The predicted molar refractivity (Wildman–Crippen MR) is 154 cm³/mol. The van der Waals surface area contributed by atoms with E-state index in [0.717, 1.165) is 0 Å². The number of hydrogen-bond donors (Lipinski definition) is 6. The molecule has 3 aromatic carbocycles. The molecule has 0 aromatic heterocycles. The van der Waals surface area contributed by atoms with Crippen LogP contribution in [0.15, 0.2) is 36.4 Å². The first-order valence-corrected chi connectivity index (χ1v) is 13.4. The van der Waals surface area contributed by atoms with E-state index in [1.165, 1.54) is 35.2 Å². The van der Waals surface area contributed by atoms with Crippen LogP contribution in [0.4, 0.5) is 0 Å². The number of aliphatic hydroxyl groups is 3. The van der Waals surface area contributed by atoms with Crippen molar-refractivity contribution in [3.8, 4) is 17.2 Å². The molecular weight excluding hydrogens is 528 g/mol. The maximum atomic E-state index is 11.0. The predicted octanol–water partition coefficient (Wildman–Crippen LogP) is 4.76. The lowest BCUT2D eigenvalue weighted by atomic mass is 9.68. The van der Waals surface area contributed by atoms with Crippen LogP contribution < -0.4 is 0 Å². The number of phenolic OH excluding ortho intramolecular Hbond substituents is 3. The summed E-state index contributed by atoms with van der Waals surface area (Å²) in [5.41, 5.74) is 3.08. The van der Waals surface area contributed by atoms with Crippen molar-refractivity contribution >= 4 is 0 Å². The molecule has 4 atom stereocenters. The van der Waals surface area contributed by atoms with Crippen LogP contribution in [0.1, 0.15) is 96.1 Å². The molecule has 3 aromatic rings. The lowest BCUT2D eigenvalue weighted by molar-refractivity contribution is 0.174. The summed E-state index contributed by atoms with van der Waals surface area (Å²) in [6, 6.07) is 10.4. The Morgan fingerprint density at radius 2 is 0.829 bits per heavy atom. The van der Waals surface area contributed by atoms with Crippen molar-refractivity contribution in [3.63, 3.8) is 0 Å². The van der Waals surface area contributed by atoms with Gasteiger partial charge in [0.15, 0.2) is 0 Å². The van der Waals surface area contributed by atoms with E-state index in [9.17, 15) is 30.6 Å². The van der Waals surface area contributed by atoms with E-state index in [1.807, 2.05) is 6.92 Å². The van der Waals surface area contributed by atoms with Gasteiger partial charge in [-0.05, 0) is 80.8 Å². The van der Waals surface area contributed by atoms with Gasteiger partial charge < -0.3 is 44.8 Å². The first-order valence-electron chi connectivity index (χ1n) is 13.4. The summed E-state index contributed by atoms with van der Waals surface area (Å²) in [5, 5.41) is 64.6. The van der Waals surface area contributed by atoms with Crippen LogP contribution in [0, 0.1) is 0 Å². The van der Waals surface area contributed by atoms with Gasteiger partial charge in [0.1, 0.15) is 17.2 Å². The summed E-state index contributed by atoms with van der Waals surface area (Å²) in [7, 11) is 4.55. The van der Waals surface area contributed by atoms with Crippen LogP contribution in [-0.4, -0.2) is 52.0 Å². The molecule has 0 fully saturated rings. The minimum Gasteiger partial charge on any atom is -0.507 e. The topological polar surface area (TPSA) is 149 Å². The minimum atomic E-state index is -1.08. The van der Waals surface area contributed by atoms with Gasteiger partial charge in [-0.1, -0.05) is 0 Å². The highest BCUT2D eigenvalue weighted by Gasteiger charge is 2.36. The summed E-state index contributed by atoms with van der Waals surface area (Å²) in [6.07, 6.45) is -3.12. The van der Waals surface area contributed by atoms with Crippen molar-refractivity contribution in [2.75, 3.05) is 21.3 Å². The normalized spacial score (nSPS) is 15.4. The van der Waals surface area contributed by atoms with Crippen molar-refractivity contribution in [2.24, 2.45) is 0 Å². The molecule has 0 radical (unpaired) electrons. The third-order valence-corrected chi connectivity index (χ3v) is 7.64. The molecule has 0 aliphatic heterocycles. The number of benzene rings is 3. The van der Waals surface area contributed by atoms with Crippen LogP contribution in [0.5, 0.6) is 17.2 Å². The van der Waals surface area contributed by atoms with Crippen LogP contribution in [0.3, 0.4) is 0 Å². The van der Waals surface area contributed by atoms with Gasteiger partial charge in [0.05, 0.1) is 38.1 Å². The molecule has 0 bridgehead atoms. The molecule has 4 unspecified atom stereocenters. The molecule has 9 nitrogen and oxygen atoms in total. The Balaban J connectivity index is 2.56. The zero-order valence-electron chi connectivity index (χ0n) is 24.7. The van der Waals surface area contributed by atoms with Crippen molar-refractivity contribution in [1.82, 2.24) is 0 Å². The molecule has 0 aliphatic rings. The zero-order valence-corrected chi connectivity index (χ0v) is 24.7. The van der Waals surface area contributed by atoms with Crippen LogP contribution in [0.2, 0.25) is 0 Å². The maximum absolute atomic E-state index is 11.0. The molecular formula is C32H42O9. The lowest BCUT2D eigenvalue weighted by Gasteiger charge is -2.35. The fourth-order valence-electron chi connectivity index (χ4n) is 5.28. The molecule has 0 aliphatic carbocycles.